The van der Waals surface area contributed by atoms with Crippen molar-refractivity contribution in [3.8, 4) is 0 Å². The predicted molar refractivity (Wildman–Crippen MR) is 101 cm³/mol. The maximum absolute atomic E-state index is 12.8. The molecule has 0 N–H and O–H groups in total. The summed E-state index contributed by atoms with van der Waals surface area (Å²) in [5.74, 6) is 0.256. The number of hydrogen-bond acceptors (Lipinski definition) is 3. The molecule has 0 spiro atoms. The number of piperidine rings is 1. The van der Waals surface area contributed by atoms with Gasteiger partial charge < -0.3 is 14.5 Å². The molecule has 2 aliphatic heterocycles. The minimum absolute atomic E-state index is 0.107. The van der Waals surface area contributed by atoms with Crippen LogP contribution in [0.2, 0.25) is 0 Å². The molecule has 5 heteroatoms. The zero-order chi connectivity index (χ0) is 18.7. The molecule has 1 aromatic rings. The molecule has 142 valence electrons. The van der Waals surface area contributed by atoms with Crippen molar-refractivity contribution < 1.29 is 14.3 Å². The molecule has 0 saturated carbocycles. The van der Waals surface area contributed by atoms with Crippen LogP contribution >= 0.6 is 0 Å². The van der Waals surface area contributed by atoms with Crippen LogP contribution in [-0.2, 0) is 9.53 Å². The Bertz CT molecular complexity index is 639. The van der Waals surface area contributed by atoms with Crippen LogP contribution in [0.25, 0.3) is 0 Å². The summed E-state index contributed by atoms with van der Waals surface area (Å²) < 4.78 is 5.44. The van der Waals surface area contributed by atoms with Crippen molar-refractivity contribution in [3.63, 3.8) is 0 Å². The van der Waals surface area contributed by atoms with Gasteiger partial charge in [-0.15, -0.1) is 0 Å². The van der Waals surface area contributed by atoms with Crippen LogP contribution in [0.15, 0.2) is 18.2 Å². The lowest BCUT2D eigenvalue weighted by molar-refractivity contribution is -0.137. The second-order valence-electron chi connectivity index (χ2n) is 7.67. The SMILES string of the molecule is CC(=O)N(C1CCOCC1)C1CCN(C(=O)c2cc(C)cc(C)c2)CC1. The van der Waals surface area contributed by atoms with Gasteiger partial charge in [-0.2, -0.15) is 0 Å². The Morgan fingerprint density at radius 3 is 2.04 bits per heavy atom. The molecule has 0 bridgehead atoms. The third-order valence-corrected chi connectivity index (χ3v) is 5.56. The van der Waals surface area contributed by atoms with Crippen molar-refractivity contribution in [3.05, 3.63) is 34.9 Å². The van der Waals surface area contributed by atoms with E-state index in [0.29, 0.717) is 13.1 Å². The van der Waals surface area contributed by atoms with E-state index in [1.807, 2.05) is 30.9 Å². The second kappa shape index (κ2) is 8.21. The van der Waals surface area contributed by atoms with Gasteiger partial charge in [0.25, 0.3) is 5.91 Å². The number of likely N-dealkylation sites (tertiary alicyclic amines) is 1. The lowest BCUT2D eigenvalue weighted by atomic mass is 9.97. The first kappa shape index (κ1) is 18.9. The van der Waals surface area contributed by atoms with Gasteiger partial charge in [0.1, 0.15) is 0 Å². The largest absolute Gasteiger partial charge is 0.381 e. The minimum atomic E-state index is 0.107. The Morgan fingerprint density at radius 2 is 1.50 bits per heavy atom. The fraction of sp³-hybridized carbons (Fsp3) is 0.619. The maximum atomic E-state index is 12.8. The molecule has 2 fully saturated rings. The summed E-state index contributed by atoms with van der Waals surface area (Å²) in [6, 6.07) is 6.53. The first-order chi connectivity index (χ1) is 12.5. The monoisotopic (exact) mass is 358 g/mol. The molecule has 26 heavy (non-hydrogen) atoms. The average molecular weight is 358 g/mol. The number of rotatable bonds is 3. The zero-order valence-corrected chi connectivity index (χ0v) is 16.2. The van der Waals surface area contributed by atoms with Gasteiger partial charge in [-0.25, -0.2) is 0 Å². The number of nitrogens with zero attached hydrogens (tertiary/aromatic N) is 2. The predicted octanol–water partition coefficient (Wildman–Crippen LogP) is 2.94. The average Bonchev–Trinajstić information content (AvgIpc) is 2.62. The summed E-state index contributed by atoms with van der Waals surface area (Å²) >= 11 is 0. The first-order valence-electron chi connectivity index (χ1n) is 9.70. The van der Waals surface area contributed by atoms with E-state index in [0.717, 1.165) is 55.6 Å². The summed E-state index contributed by atoms with van der Waals surface area (Å²) in [5.41, 5.74) is 3.00. The van der Waals surface area contributed by atoms with E-state index >= 15 is 0 Å². The molecule has 0 unspecified atom stereocenters. The van der Waals surface area contributed by atoms with Gasteiger partial charge in [0.05, 0.1) is 0 Å². The van der Waals surface area contributed by atoms with Crippen LogP contribution in [-0.4, -0.2) is 60.0 Å². The number of carbonyl (C=O) groups excluding carboxylic acids is 2. The third-order valence-electron chi connectivity index (χ3n) is 5.56. The Hall–Kier alpha value is -1.88. The van der Waals surface area contributed by atoms with Crippen molar-refractivity contribution >= 4 is 11.8 Å². The molecule has 0 atom stereocenters. The standard InChI is InChI=1S/C21H30N2O3/c1-15-12-16(2)14-18(13-15)21(25)22-8-4-19(5-9-22)23(17(3)24)20-6-10-26-11-7-20/h12-14,19-20H,4-11H2,1-3H3. The van der Waals surface area contributed by atoms with E-state index in [9.17, 15) is 9.59 Å². The molecule has 0 aliphatic carbocycles. The van der Waals surface area contributed by atoms with E-state index in [4.69, 9.17) is 4.74 Å². The molecule has 2 aliphatic rings. The van der Waals surface area contributed by atoms with Gasteiger partial charge in [0.2, 0.25) is 5.91 Å². The molecule has 2 heterocycles. The highest BCUT2D eigenvalue weighted by atomic mass is 16.5. The van der Waals surface area contributed by atoms with Crippen LogP contribution in [0.1, 0.15) is 54.1 Å². The summed E-state index contributed by atoms with van der Waals surface area (Å²) in [6.45, 7) is 8.61. The number of aryl methyl sites for hydroxylation is 2. The molecule has 0 radical (unpaired) electrons. The fourth-order valence-electron chi connectivity index (χ4n) is 4.40. The van der Waals surface area contributed by atoms with Gasteiger partial charge in [0.15, 0.2) is 0 Å². The maximum Gasteiger partial charge on any atom is 0.253 e. The Morgan fingerprint density at radius 1 is 0.962 bits per heavy atom. The smallest absolute Gasteiger partial charge is 0.253 e. The van der Waals surface area contributed by atoms with Crippen molar-refractivity contribution in [2.45, 2.75) is 58.5 Å². The first-order valence-corrected chi connectivity index (χ1v) is 9.70. The van der Waals surface area contributed by atoms with Crippen LogP contribution in [0.5, 0.6) is 0 Å². The fourth-order valence-corrected chi connectivity index (χ4v) is 4.40. The van der Waals surface area contributed by atoms with E-state index in [2.05, 4.69) is 11.0 Å². The molecular formula is C21H30N2O3. The summed E-state index contributed by atoms with van der Waals surface area (Å²) in [6.07, 6.45) is 3.55. The molecule has 0 aromatic heterocycles. The second-order valence-corrected chi connectivity index (χ2v) is 7.67. The number of carbonyl (C=O) groups is 2. The van der Waals surface area contributed by atoms with E-state index in [1.54, 1.807) is 6.92 Å². The molecule has 1 aromatic carbocycles. The van der Waals surface area contributed by atoms with Crippen LogP contribution in [0.4, 0.5) is 0 Å². The van der Waals surface area contributed by atoms with E-state index in [1.165, 1.54) is 0 Å². The van der Waals surface area contributed by atoms with Gasteiger partial charge >= 0.3 is 0 Å². The number of amides is 2. The van der Waals surface area contributed by atoms with Crippen LogP contribution < -0.4 is 0 Å². The van der Waals surface area contributed by atoms with Gasteiger partial charge in [-0.3, -0.25) is 9.59 Å². The third kappa shape index (κ3) is 4.26. The van der Waals surface area contributed by atoms with Gasteiger partial charge in [-0.1, -0.05) is 17.2 Å². The number of benzene rings is 1. The van der Waals surface area contributed by atoms with Crippen LogP contribution in [0.3, 0.4) is 0 Å². The van der Waals surface area contributed by atoms with Crippen molar-refractivity contribution in [1.82, 2.24) is 9.80 Å². The lowest BCUT2D eigenvalue weighted by Crippen LogP contribution is -2.53. The Kier molecular flexibility index (Phi) is 5.97. The van der Waals surface area contributed by atoms with Crippen molar-refractivity contribution in [1.29, 1.82) is 0 Å². The Balaban J connectivity index is 1.63. The molecular weight excluding hydrogens is 328 g/mol. The summed E-state index contributed by atoms with van der Waals surface area (Å²) in [5, 5.41) is 0. The van der Waals surface area contributed by atoms with Crippen molar-refractivity contribution in [2.24, 2.45) is 0 Å². The normalized spacial score (nSPS) is 19.4. The molecule has 2 amide bonds. The quantitative estimate of drug-likeness (QED) is 0.835. The van der Waals surface area contributed by atoms with Crippen molar-refractivity contribution in [2.75, 3.05) is 26.3 Å². The number of ether oxygens (including phenoxy) is 1. The highest BCUT2D eigenvalue weighted by molar-refractivity contribution is 5.94. The molecule has 5 nitrogen and oxygen atoms in total. The Labute approximate surface area is 156 Å². The van der Waals surface area contributed by atoms with Gasteiger partial charge in [-0.05, 0) is 51.7 Å². The summed E-state index contributed by atoms with van der Waals surface area (Å²) in [7, 11) is 0. The highest BCUT2D eigenvalue weighted by Gasteiger charge is 2.33. The van der Waals surface area contributed by atoms with Gasteiger partial charge in [0, 0.05) is 50.9 Å². The van der Waals surface area contributed by atoms with E-state index in [-0.39, 0.29) is 23.9 Å². The molecule has 3 rings (SSSR count). The number of hydrogen-bond donors (Lipinski definition) is 0. The highest BCUT2D eigenvalue weighted by Crippen LogP contribution is 2.25. The lowest BCUT2D eigenvalue weighted by Gasteiger charge is -2.43. The topological polar surface area (TPSA) is 49.9 Å². The minimum Gasteiger partial charge on any atom is -0.381 e. The zero-order valence-electron chi connectivity index (χ0n) is 16.2. The molecule has 2 saturated heterocycles. The summed E-state index contributed by atoms with van der Waals surface area (Å²) in [4.78, 5) is 29.1. The van der Waals surface area contributed by atoms with Crippen LogP contribution in [0, 0.1) is 13.8 Å². The van der Waals surface area contributed by atoms with E-state index < -0.39 is 0 Å².